The minimum Gasteiger partial charge on any atom is -0.317 e. The molecule has 0 saturated carbocycles. The largest absolute Gasteiger partial charge is 0.317 e. The van der Waals surface area contributed by atoms with E-state index in [1.807, 2.05) is 13.8 Å². The first-order valence-electron chi connectivity index (χ1n) is 5.24. The predicted octanol–water partition coefficient (Wildman–Crippen LogP) is 1.80. The van der Waals surface area contributed by atoms with Crippen molar-refractivity contribution in [3.05, 3.63) is 16.9 Å². The quantitative estimate of drug-likeness (QED) is 0.781. The van der Waals surface area contributed by atoms with E-state index >= 15 is 0 Å². The highest BCUT2D eigenvalue weighted by Gasteiger charge is 2.07. The summed E-state index contributed by atoms with van der Waals surface area (Å²) in [7, 11) is 0. The van der Waals surface area contributed by atoms with Gasteiger partial charge in [-0.05, 0) is 18.1 Å². The Labute approximate surface area is 95.5 Å². The van der Waals surface area contributed by atoms with Crippen LogP contribution in [0.1, 0.15) is 38.3 Å². The number of aromatic nitrogens is 3. The van der Waals surface area contributed by atoms with Gasteiger partial charge in [0.15, 0.2) is 0 Å². The lowest BCUT2D eigenvalue weighted by Crippen LogP contribution is -2.18. The highest BCUT2D eigenvalue weighted by atomic mass is 35.5. The van der Waals surface area contributed by atoms with Gasteiger partial charge in [0, 0.05) is 18.9 Å². The van der Waals surface area contributed by atoms with Gasteiger partial charge in [-0.1, -0.05) is 20.8 Å². The van der Waals surface area contributed by atoms with Crippen molar-refractivity contribution >= 4 is 11.6 Å². The number of nitrogens with zero attached hydrogens (tertiary/aromatic N) is 3. The Kier molecular flexibility index (Phi) is 4.91. The van der Waals surface area contributed by atoms with Crippen LogP contribution < -0.4 is 5.32 Å². The van der Waals surface area contributed by atoms with Crippen molar-refractivity contribution in [2.45, 2.75) is 33.1 Å². The molecule has 1 aromatic heterocycles. The summed E-state index contributed by atoms with van der Waals surface area (Å²) in [4.78, 5) is 12.5. The Hall–Kier alpha value is -0.740. The molecule has 0 aliphatic carbocycles. The smallest absolute Gasteiger partial charge is 0.225 e. The number of likely N-dealkylation sites (N-methyl/N-ethyl adjacent to an activating group) is 1. The number of hydrogen-bond acceptors (Lipinski definition) is 4. The van der Waals surface area contributed by atoms with Gasteiger partial charge in [0.1, 0.15) is 11.6 Å². The molecule has 0 saturated heterocycles. The van der Waals surface area contributed by atoms with Gasteiger partial charge in [-0.25, -0.2) is 15.0 Å². The Morgan fingerprint density at radius 2 is 2.00 bits per heavy atom. The molecule has 1 N–H and O–H groups in total. The SMILES string of the molecule is CCNCCc1nc(Cl)nc(C(C)C)n1. The van der Waals surface area contributed by atoms with Gasteiger partial charge in [-0.2, -0.15) is 0 Å². The van der Waals surface area contributed by atoms with Crippen LogP contribution in [0.4, 0.5) is 0 Å². The fourth-order valence-electron chi connectivity index (χ4n) is 1.16. The van der Waals surface area contributed by atoms with Crippen molar-refractivity contribution in [1.82, 2.24) is 20.3 Å². The van der Waals surface area contributed by atoms with Crippen molar-refractivity contribution < 1.29 is 0 Å². The molecule has 4 nitrogen and oxygen atoms in total. The van der Waals surface area contributed by atoms with Gasteiger partial charge in [0.05, 0.1) is 0 Å². The van der Waals surface area contributed by atoms with Crippen LogP contribution in [0.5, 0.6) is 0 Å². The average Bonchev–Trinajstić information content (AvgIpc) is 2.17. The summed E-state index contributed by atoms with van der Waals surface area (Å²) in [6, 6.07) is 0. The molecule has 0 aromatic carbocycles. The Morgan fingerprint density at radius 3 is 2.60 bits per heavy atom. The van der Waals surface area contributed by atoms with Crippen LogP contribution in [-0.4, -0.2) is 28.0 Å². The van der Waals surface area contributed by atoms with Crippen molar-refractivity contribution in [2.24, 2.45) is 0 Å². The average molecular weight is 229 g/mol. The minimum absolute atomic E-state index is 0.281. The van der Waals surface area contributed by atoms with Crippen LogP contribution in [0.3, 0.4) is 0 Å². The van der Waals surface area contributed by atoms with Gasteiger partial charge in [-0.3, -0.25) is 0 Å². The molecule has 84 valence electrons. The van der Waals surface area contributed by atoms with E-state index in [1.165, 1.54) is 0 Å². The predicted molar refractivity (Wildman–Crippen MR) is 61.2 cm³/mol. The molecule has 0 fully saturated rings. The van der Waals surface area contributed by atoms with Gasteiger partial charge >= 0.3 is 0 Å². The maximum atomic E-state index is 5.82. The van der Waals surface area contributed by atoms with Crippen LogP contribution in [0.25, 0.3) is 0 Å². The lowest BCUT2D eigenvalue weighted by Gasteiger charge is -2.06. The molecule has 1 aromatic rings. The summed E-state index contributed by atoms with van der Waals surface area (Å²) >= 11 is 5.82. The van der Waals surface area contributed by atoms with Crippen molar-refractivity contribution in [1.29, 1.82) is 0 Å². The highest BCUT2D eigenvalue weighted by Crippen LogP contribution is 2.11. The maximum Gasteiger partial charge on any atom is 0.225 e. The molecule has 0 aliphatic rings. The molecule has 0 amide bonds. The summed E-state index contributed by atoms with van der Waals surface area (Å²) in [6.45, 7) is 7.98. The van der Waals surface area contributed by atoms with Crippen LogP contribution in [0.15, 0.2) is 0 Å². The molecule has 1 rings (SSSR count). The number of hydrogen-bond donors (Lipinski definition) is 1. The molecule has 0 radical (unpaired) electrons. The van der Waals surface area contributed by atoms with Gasteiger partial charge in [-0.15, -0.1) is 0 Å². The molecule has 5 heteroatoms. The number of rotatable bonds is 5. The first-order valence-corrected chi connectivity index (χ1v) is 5.62. The second kappa shape index (κ2) is 5.98. The van der Waals surface area contributed by atoms with E-state index in [9.17, 15) is 0 Å². The first-order chi connectivity index (χ1) is 7.13. The second-order valence-electron chi connectivity index (χ2n) is 3.64. The normalized spacial score (nSPS) is 11.0. The standard InChI is InChI=1S/C10H17ClN4/c1-4-12-6-5-8-13-9(7(2)3)15-10(11)14-8/h7,12H,4-6H2,1-3H3. The van der Waals surface area contributed by atoms with Gasteiger partial charge < -0.3 is 5.32 Å². The monoisotopic (exact) mass is 228 g/mol. The number of nitrogens with one attached hydrogen (secondary N) is 1. The van der Waals surface area contributed by atoms with Gasteiger partial charge in [0.25, 0.3) is 0 Å². The lowest BCUT2D eigenvalue weighted by molar-refractivity contribution is 0.673. The molecule has 0 aliphatic heterocycles. The van der Waals surface area contributed by atoms with Crippen LogP contribution in [0, 0.1) is 0 Å². The third-order valence-electron chi connectivity index (χ3n) is 1.96. The molecule has 0 atom stereocenters. The van der Waals surface area contributed by atoms with E-state index < -0.39 is 0 Å². The molecule has 0 bridgehead atoms. The fourth-order valence-corrected chi connectivity index (χ4v) is 1.34. The van der Waals surface area contributed by atoms with E-state index in [4.69, 9.17) is 11.6 Å². The molecule has 15 heavy (non-hydrogen) atoms. The molecule has 0 unspecified atom stereocenters. The van der Waals surface area contributed by atoms with Crippen LogP contribution >= 0.6 is 11.6 Å². The van der Waals surface area contributed by atoms with E-state index in [2.05, 4.69) is 27.2 Å². The van der Waals surface area contributed by atoms with E-state index in [-0.39, 0.29) is 5.92 Å². The third-order valence-corrected chi connectivity index (χ3v) is 2.13. The van der Waals surface area contributed by atoms with Crippen LogP contribution in [-0.2, 0) is 6.42 Å². The van der Waals surface area contributed by atoms with E-state index in [0.717, 1.165) is 31.2 Å². The van der Waals surface area contributed by atoms with Crippen LogP contribution in [0.2, 0.25) is 5.28 Å². The summed E-state index contributed by atoms with van der Waals surface area (Å²) in [5.74, 6) is 1.81. The third kappa shape index (κ3) is 4.10. The maximum absolute atomic E-state index is 5.82. The summed E-state index contributed by atoms with van der Waals surface area (Å²) in [5, 5.41) is 3.51. The molecular formula is C10H17ClN4. The van der Waals surface area contributed by atoms with Crippen molar-refractivity contribution in [3.8, 4) is 0 Å². The summed E-state index contributed by atoms with van der Waals surface area (Å²) in [5.41, 5.74) is 0. The second-order valence-corrected chi connectivity index (χ2v) is 3.98. The van der Waals surface area contributed by atoms with Crippen molar-refractivity contribution in [3.63, 3.8) is 0 Å². The zero-order chi connectivity index (χ0) is 11.3. The topological polar surface area (TPSA) is 50.7 Å². The fraction of sp³-hybridized carbons (Fsp3) is 0.700. The minimum atomic E-state index is 0.281. The highest BCUT2D eigenvalue weighted by molar-refractivity contribution is 6.28. The molecular weight excluding hydrogens is 212 g/mol. The Bertz CT molecular complexity index is 314. The molecule has 0 spiro atoms. The first kappa shape index (κ1) is 12.3. The van der Waals surface area contributed by atoms with Crippen molar-refractivity contribution in [2.75, 3.05) is 13.1 Å². The Morgan fingerprint density at radius 1 is 1.27 bits per heavy atom. The van der Waals surface area contributed by atoms with Gasteiger partial charge in [0.2, 0.25) is 5.28 Å². The zero-order valence-electron chi connectivity index (χ0n) is 9.42. The van der Waals surface area contributed by atoms with E-state index in [1.54, 1.807) is 0 Å². The summed E-state index contributed by atoms with van der Waals surface area (Å²) < 4.78 is 0. The molecule has 1 heterocycles. The lowest BCUT2D eigenvalue weighted by atomic mass is 10.2. The zero-order valence-corrected chi connectivity index (χ0v) is 10.2. The summed E-state index contributed by atoms with van der Waals surface area (Å²) in [6.07, 6.45) is 0.788. The van der Waals surface area contributed by atoms with E-state index in [0.29, 0.717) is 5.28 Å². The Balaban J connectivity index is 2.71. The number of halogens is 1.